The number of aryl methyl sites for hydroxylation is 2. The summed E-state index contributed by atoms with van der Waals surface area (Å²) in [7, 11) is 0. The Labute approximate surface area is 152 Å². The molecule has 2 aromatic heterocycles. The zero-order valence-electron chi connectivity index (χ0n) is 14.9. The van der Waals surface area contributed by atoms with Crippen LogP contribution < -0.4 is 5.56 Å². The minimum absolute atomic E-state index is 0.136. The number of carbonyl (C=O) groups is 1. The summed E-state index contributed by atoms with van der Waals surface area (Å²) in [5, 5.41) is 0. The number of carbonyl (C=O) groups excluding carboxylic acids is 1. The van der Waals surface area contributed by atoms with Crippen LogP contribution in [0.3, 0.4) is 0 Å². The number of aromatic nitrogens is 2. The Bertz CT molecular complexity index is 839. The predicted octanol–water partition coefficient (Wildman–Crippen LogP) is 1.61. The molecule has 3 heterocycles. The number of piperazine rings is 1. The summed E-state index contributed by atoms with van der Waals surface area (Å²) < 4.78 is 0. The van der Waals surface area contributed by atoms with Gasteiger partial charge in [0, 0.05) is 50.8 Å². The van der Waals surface area contributed by atoms with Gasteiger partial charge in [-0.1, -0.05) is 0 Å². The molecule has 0 atom stereocenters. The summed E-state index contributed by atoms with van der Waals surface area (Å²) >= 11 is 0. The topological polar surface area (TPSA) is 69.3 Å². The first-order valence-corrected chi connectivity index (χ1v) is 9.36. The monoisotopic (exact) mass is 352 g/mol. The van der Waals surface area contributed by atoms with Crippen molar-refractivity contribution in [3.8, 4) is 0 Å². The molecule has 6 nitrogen and oxygen atoms in total. The summed E-state index contributed by atoms with van der Waals surface area (Å²) in [5.74, 6) is -0.136. The Morgan fingerprint density at radius 1 is 1.08 bits per heavy atom. The van der Waals surface area contributed by atoms with Crippen molar-refractivity contribution in [1.29, 1.82) is 0 Å². The number of nitrogens with one attached hydrogen (secondary N) is 1. The van der Waals surface area contributed by atoms with Crippen LogP contribution in [-0.2, 0) is 19.4 Å². The van der Waals surface area contributed by atoms with Gasteiger partial charge in [-0.2, -0.15) is 0 Å². The number of fused-ring (bicyclic) bond motifs is 1. The van der Waals surface area contributed by atoms with Gasteiger partial charge in [-0.05, 0) is 55.0 Å². The number of H-pyrrole nitrogens is 1. The zero-order valence-corrected chi connectivity index (χ0v) is 14.9. The highest BCUT2D eigenvalue weighted by Crippen LogP contribution is 2.19. The molecule has 0 radical (unpaired) electrons. The van der Waals surface area contributed by atoms with Crippen LogP contribution in [0.4, 0.5) is 0 Å². The van der Waals surface area contributed by atoms with Crippen molar-refractivity contribution in [2.24, 2.45) is 0 Å². The maximum atomic E-state index is 12.9. The lowest BCUT2D eigenvalue weighted by molar-refractivity contribution is 0.0626. The Balaban J connectivity index is 1.41. The number of pyridine rings is 2. The highest BCUT2D eigenvalue weighted by atomic mass is 16.2. The molecule has 26 heavy (non-hydrogen) atoms. The molecule has 1 amide bonds. The van der Waals surface area contributed by atoms with Crippen LogP contribution in [0.1, 0.15) is 40.0 Å². The van der Waals surface area contributed by atoms with Crippen LogP contribution in [0.5, 0.6) is 0 Å². The molecular weight excluding hydrogens is 328 g/mol. The van der Waals surface area contributed by atoms with E-state index in [1.165, 1.54) is 5.56 Å². The molecule has 4 rings (SSSR count). The third kappa shape index (κ3) is 3.55. The second-order valence-corrected chi connectivity index (χ2v) is 7.15. The van der Waals surface area contributed by atoms with E-state index in [0.29, 0.717) is 18.7 Å². The van der Waals surface area contributed by atoms with Crippen molar-refractivity contribution in [3.63, 3.8) is 0 Å². The highest BCUT2D eigenvalue weighted by molar-refractivity contribution is 5.94. The van der Waals surface area contributed by atoms with E-state index in [0.717, 1.165) is 56.6 Å². The van der Waals surface area contributed by atoms with Crippen molar-refractivity contribution in [3.05, 3.63) is 63.3 Å². The van der Waals surface area contributed by atoms with Crippen LogP contribution in [-0.4, -0.2) is 51.9 Å². The Morgan fingerprint density at radius 3 is 2.58 bits per heavy atom. The number of hydrogen-bond acceptors (Lipinski definition) is 4. The molecule has 0 aromatic carbocycles. The SMILES string of the molecule is O=C(c1cc2c([nH]c1=O)CCCC2)N1CCN(Cc2ccncc2)CC1. The Hall–Kier alpha value is -2.47. The first-order chi connectivity index (χ1) is 12.7. The molecule has 0 unspecified atom stereocenters. The van der Waals surface area contributed by atoms with Gasteiger partial charge in [0.2, 0.25) is 0 Å². The second kappa shape index (κ2) is 7.41. The van der Waals surface area contributed by atoms with Crippen LogP contribution in [0.15, 0.2) is 35.4 Å². The fraction of sp³-hybridized carbons (Fsp3) is 0.450. The van der Waals surface area contributed by atoms with Gasteiger partial charge in [-0.25, -0.2) is 0 Å². The molecule has 0 spiro atoms. The van der Waals surface area contributed by atoms with Crippen LogP contribution in [0, 0.1) is 0 Å². The molecule has 2 aromatic rings. The second-order valence-electron chi connectivity index (χ2n) is 7.15. The largest absolute Gasteiger partial charge is 0.336 e. The van der Waals surface area contributed by atoms with E-state index in [1.54, 1.807) is 12.4 Å². The average Bonchev–Trinajstić information content (AvgIpc) is 2.68. The molecule has 1 saturated heterocycles. The molecule has 1 fully saturated rings. The summed E-state index contributed by atoms with van der Waals surface area (Å²) in [6, 6.07) is 5.87. The molecule has 0 bridgehead atoms. The van der Waals surface area contributed by atoms with Crippen molar-refractivity contribution in [1.82, 2.24) is 19.8 Å². The molecule has 6 heteroatoms. The van der Waals surface area contributed by atoms with Crippen LogP contribution in [0.25, 0.3) is 0 Å². The number of aromatic amines is 1. The molecular formula is C20H24N4O2. The van der Waals surface area contributed by atoms with Gasteiger partial charge in [-0.3, -0.25) is 19.5 Å². The lowest BCUT2D eigenvalue weighted by Gasteiger charge is -2.34. The fourth-order valence-corrected chi connectivity index (χ4v) is 3.86. The summed E-state index contributed by atoms with van der Waals surface area (Å²) in [4.78, 5) is 36.3. The first-order valence-electron chi connectivity index (χ1n) is 9.36. The zero-order chi connectivity index (χ0) is 17.9. The predicted molar refractivity (Wildman–Crippen MR) is 99.1 cm³/mol. The van der Waals surface area contributed by atoms with Crippen LogP contribution in [0.2, 0.25) is 0 Å². The van der Waals surface area contributed by atoms with Gasteiger partial charge in [0.05, 0.1) is 0 Å². The van der Waals surface area contributed by atoms with Crippen molar-refractivity contribution in [2.75, 3.05) is 26.2 Å². The number of hydrogen-bond donors (Lipinski definition) is 1. The van der Waals surface area contributed by atoms with Gasteiger partial charge in [0.15, 0.2) is 0 Å². The van der Waals surface area contributed by atoms with E-state index in [4.69, 9.17) is 0 Å². The minimum atomic E-state index is -0.241. The third-order valence-corrected chi connectivity index (χ3v) is 5.38. The molecule has 1 aliphatic heterocycles. The van der Waals surface area contributed by atoms with Gasteiger partial charge in [0.25, 0.3) is 11.5 Å². The first kappa shape index (κ1) is 17.0. The van der Waals surface area contributed by atoms with Gasteiger partial charge >= 0.3 is 0 Å². The lowest BCUT2D eigenvalue weighted by Crippen LogP contribution is -2.49. The van der Waals surface area contributed by atoms with E-state index in [-0.39, 0.29) is 11.5 Å². The quantitative estimate of drug-likeness (QED) is 0.911. The summed E-state index contributed by atoms with van der Waals surface area (Å²) in [6.07, 6.45) is 7.70. The third-order valence-electron chi connectivity index (χ3n) is 5.38. The molecule has 0 saturated carbocycles. The van der Waals surface area contributed by atoms with E-state index in [2.05, 4.69) is 14.9 Å². The molecule has 1 N–H and O–H groups in total. The summed E-state index contributed by atoms with van der Waals surface area (Å²) in [6.45, 7) is 3.80. The number of rotatable bonds is 3. The molecule has 1 aliphatic carbocycles. The highest BCUT2D eigenvalue weighted by Gasteiger charge is 2.25. The Kier molecular flexibility index (Phi) is 4.84. The summed E-state index contributed by atoms with van der Waals surface area (Å²) in [5.41, 5.74) is 3.43. The van der Waals surface area contributed by atoms with Gasteiger partial charge < -0.3 is 9.88 Å². The van der Waals surface area contributed by atoms with Gasteiger partial charge in [-0.15, -0.1) is 0 Å². The van der Waals surface area contributed by atoms with Crippen molar-refractivity contribution >= 4 is 5.91 Å². The van der Waals surface area contributed by atoms with E-state index >= 15 is 0 Å². The number of nitrogens with zero attached hydrogens (tertiary/aromatic N) is 3. The molecule has 2 aliphatic rings. The van der Waals surface area contributed by atoms with E-state index < -0.39 is 0 Å². The molecule has 136 valence electrons. The number of amides is 1. The maximum Gasteiger partial charge on any atom is 0.261 e. The standard InChI is InChI=1S/C20H24N4O2/c25-19-17(13-16-3-1-2-4-18(16)22-19)20(26)24-11-9-23(10-12-24)14-15-5-7-21-8-6-15/h5-8,13H,1-4,9-12,14H2,(H,22,25). The smallest absolute Gasteiger partial charge is 0.261 e. The Morgan fingerprint density at radius 2 is 1.81 bits per heavy atom. The van der Waals surface area contributed by atoms with E-state index in [1.807, 2.05) is 23.1 Å². The van der Waals surface area contributed by atoms with Crippen molar-refractivity contribution in [2.45, 2.75) is 32.2 Å². The lowest BCUT2D eigenvalue weighted by atomic mass is 9.95. The van der Waals surface area contributed by atoms with Crippen LogP contribution >= 0.6 is 0 Å². The minimum Gasteiger partial charge on any atom is -0.336 e. The average molecular weight is 352 g/mol. The van der Waals surface area contributed by atoms with Crippen molar-refractivity contribution < 1.29 is 4.79 Å². The van der Waals surface area contributed by atoms with E-state index in [9.17, 15) is 9.59 Å². The maximum absolute atomic E-state index is 12.9. The fourth-order valence-electron chi connectivity index (χ4n) is 3.86. The van der Waals surface area contributed by atoms with Gasteiger partial charge in [0.1, 0.15) is 5.56 Å². The normalized spacial score (nSPS) is 17.8.